The van der Waals surface area contributed by atoms with Crippen molar-refractivity contribution < 1.29 is 47.4 Å². The van der Waals surface area contributed by atoms with Crippen molar-refractivity contribution in [2.24, 2.45) is 0 Å². The van der Waals surface area contributed by atoms with Crippen LogP contribution in [0.4, 0.5) is 0 Å². The lowest BCUT2D eigenvalue weighted by molar-refractivity contribution is -0.162. The summed E-state index contributed by atoms with van der Waals surface area (Å²) in [7, 11) is 0. The van der Waals surface area contributed by atoms with Crippen LogP contribution in [0.15, 0.2) is 21.2 Å². The summed E-state index contributed by atoms with van der Waals surface area (Å²) >= 11 is 0. The van der Waals surface area contributed by atoms with E-state index < -0.39 is 11.9 Å². The third-order valence-corrected chi connectivity index (χ3v) is 5.40. The summed E-state index contributed by atoms with van der Waals surface area (Å²) in [6.45, 7) is 4.51. The third-order valence-electron chi connectivity index (χ3n) is 5.40. The first kappa shape index (κ1) is 27.8. The summed E-state index contributed by atoms with van der Waals surface area (Å²) in [6, 6.07) is 3.00. The monoisotopic (exact) mass is 510 g/mol. The summed E-state index contributed by atoms with van der Waals surface area (Å²) in [6.07, 6.45) is 7.12. The Morgan fingerprint density at radius 3 is 1.86 bits per heavy atom. The van der Waals surface area contributed by atoms with Gasteiger partial charge in [0.25, 0.3) is 0 Å². The average Bonchev–Trinajstić information content (AvgIpc) is 3.56. The van der Waals surface area contributed by atoms with Gasteiger partial charge < -0.3 is 37.8 Å². The number of nitrogens with zero attached hydrogens (tertiary/aromatic N) is 2. The molecule has 12 heteroatoms. The number of aromatic carboxylic acids is 1. The summed E-state index contributed by atoms with van der Waals surface area (Å²) in [5.74, 6) is -0.428. The van der Waals surface area contributed by atoms with Crippen LogP contribution in [0.2, 0.25) is 0 Å². The van der Waals surface area contributed by atoms with Crippen molar-refractivity contribution >= 4 is 11.9 Å². The van der Waals surface area contributed by atoms with E-state index in [-0.39, 0.29) is 24.0 Å². The summed E-state index contributed by atoms with van der Waals surface area (Å²) in [5, 5.41) is 15.7. The highest BCUT2D eigenvalue weighted by Crippen LogP contribution is 2.15. The molecule has 1 N–H and O–H groups in total. The zero-order chi connectivity index (χ0) is 25.6. The Hall–Kier alpha value is -2.80. The lowest BCUT2D eigenvalue weighted by Gasteiger charge is -2.22. The van der Waals surface area contributed by atoms with Crippen molar-refractivity contribution in [2.75, 3.05) is 33.0 Å². The number of hydrogen-bond acceptors (Lipinski definition) is 11. The first-order valence-electron chi connectivity index (χ1n) is 12.3. The van der Waals surface area contributed by atoms with E-state index in [0.717, 1.165) is 51.7 Å². The first-order chi connectivity index (χ1) is 17.5. The quantitative estimate of drug-likeness (QED) is 0.441. The highest BCUT2D eigenvalue weighted by atomic mass is 16.7. The maximum Gasteiger partial charge on any atom is 0.360 e. The van der Waals surface area contributed by atoms with Gasteiger partial charge in [0.05, 0.1) is 19.8 Å². The first-order valence-corrected chi connectivity index (χ1v) is 12.3. The van der Waals surface area contributed by atoms with E-state index in [9.17, 15) is 9.59 Å². The van der Waals surface area contributed by atoms with E-state index in [2.05, 4.69) is 10.3 Å². The van der Waals surface area contributed by atoms with Gasteiger partial charge in [0.1, 0.15) is 11.5 Å². The maximum absolute atomic E-state index is 11.4. The van der Waals surface area contributed by atoms with Gasteiger partial charge in [-0.05, 0) is 45.4 Å². The molecule has 0 radical (unpaired) electrons. The van der Waals surface area contributed by atoms with E-state index in [4.69, 9.17) is 37.8 Å². The number of aromatic nitrogens is 2. The fourth-order valence-electron chi connectivity index (χ4n) is 3.53. The van der Waals surface area contributed by atoms with Gasteiger partial charge in [0.2, 0.25) is 0 Å². The average molecular weight is 511 g/mol. The number of carboxylic acid groups (broad SMARTS) is 1. The fraction of sp³-hybridized carbons (Fsp3) is 0.667. The third kappa shape index (κ3) is 9.69. The lowest BCUT2D eigenvalue weighted by atomic mass is 10.2. The van der Waals surface area contributed by atoms with Gasteiger partial charge in [-0.3, -0.25) is 0 Å². The van der Waals surface area contributed by atoms with E-state index in [1.807, 2.05) is 0 Å². The number of rotatable bonds is 11. The standard InChI is InChI=1S/C13H19NO5.C11H15NO5/c1-2-16-13(15)11-9-10(19-14-11)6-8-18-12-5-3-4-7-17-12;13-11(14)9-7-8(17-12-9)4-6-16-10-3-1-2-5-15-10/h9,12H,2-8H2,1H3;7,10H,1-6H2,(H,13,14). The van der Waals surface area contributed by atoms with Crippen LogP contribution in [-0.4, -0.2) is 73.0 Å². The number of esters is 1. The number of carbonyl (C=O) groups excluding carboxylic acids is 1. The normalized spacial score (nSPS) is 19.8. The Morgan fingerprint density at radius 1 is 0.889 bits per heavy atom. The second-order valence-electron chi connectivity index (χ2n) is 8.22. The summed E-state index contributed by atoms with van der Waals surface area (Å²) in [5.41, 5.74) is 0.125. The van der Waals surface area contributed by atoms with Gasteiger partial charge in [-0.25, -0.2) is 9.59 Å². The maximum atomic E-state index is 11.4. The molecule has 0 aromatic carbocycles. The van der Waals surface area contributed by atoms with Crippen molar-refractivity contribution in [3.05, 3.63) is 35.0 Å². The molecule has 2 aliphatic heterocycles. The number of ether oxygens (including phenoxy) is 5. The van der Waals surface area contributed by atoms with Crippen molar-refractivity contribution in [1.82, 2.24) is 10.3 Å². The Morgan fingerprint density at radius 2 is 1.42 bits per heavy atom. The van der Waals surface area contributed by atoms with Crippen molar-refractivity contribution in [1.29, 1.82) is 0 Å². The number of carboxylic acids is 1. The van der Waals surface area contributed by atoms with Crippen LogP contribution in [0.3, 0.4) is 0 Å². The van der Waals surface area contributed by atoms with Gasteiger partial charge in [-0.1, -0.05) is 10.3 Å². The zero-order valence-electron chi connectivity index (χ0n) is 20.5. The molecule has 2 unspecified atom stereocenters. The molecule has 4 rings (SSSR count). The van der Waals surface area contributed by atoms with Gasteiger partial charge >= 0.3 is 11.9 Å². The van der Waals surface area contributed by atoms with Gasteiger partial charge in [0, 0.05) is 38.2 Å². The second kappa shape index (κ2) is 15.3. The van der Waals surface area contributed by atoms with Crippen LogP contribution in [-0.2, 0) is 36.5 Å². The minimum absolute atomic E-state index is 0.0751. The van der Waals surface area contributed by atoms with Gasteiger partial charge in [-0.15, -0.1) is 0 Å². The van der Waals surface area contributed by atoms with Crippen LogP contribution < -0.4 is 0 Å². The molecule has 0 bridgehead atoms. The molecule has 12 nitrogen and oxygen atoms in total. The van der Waals surface area contributed by atoms with Crippen molar-refractivity contribution in [3.8, 4) is 0 Å². The smallest absolute Gasteiger partial charge is 0.360 e. The highest BCUT2D eigenvalue weighted by Gasteiger charge is 2.17. The minimum atomic E-state index is -1.09. The molecule has 2 atom stereocenters. The Labute approximate surface area is 209 Å². The number of hydrogen-bond donors (Lipinski definition) is 1. The molecule has 0 aliphatic carbocycles. The molecule has 2 fully saturated rings. The molecular formula is C24H34N2O10. The molecule has 2 aromatic rings. The van der Waals surface area contributed by atoms with Crippen LogP contribution in [0, 0.1) is 0 Å². The predicted octanol–water partition coefficient (Wildman–Crippen LogP) is 3.40. The molecule has 0 saturated carbocycles. The summed E-state index contributed by atoms with van der Waals surface area (Å²) in [4.78, 5) is 21.9. The molecular weight excluding hydrogens is 476 g/mol. The predicted molar refractivity (Wildman–Crippen MR) is 122 cm³/mol. The fourth-order valence-corrected chi connectivity index (χ4v) is 3.53. The number of carbonyl (C=O) groups is 2. The van der Waals surface area contributed by atoms with Crippen LogP contribution in [0.25, 0.3) is 0 Å². The summed E-state index contributed by atoms with van der Waals surface area (Å²) < 4.78 is 36.7. The molecule has 36 heavy (non-hydrogen) atoms. The van der Waals surface area contributed by atoms with Crippen LogP contribution >= 0.6 is 0 Å². The Bertz CT molecular complexity index is 916. The van der Waals surface area contributed by atoms with Gasteiger partial charge in [-0.2, -0.15) is 0 Å². The van der Waals surface area contributed by atoms with Gasteiger partial charge in [0.15, 0.2) is 24.0 Å². The molecule has 2 aliphatic rings. The van der Waals surface area contributed by atoms with Crippen LogP contribution in [0.1, 0.15) is 77.9 Å². The topological polar surface area (TPSA) is 153 Å². The molecule has 0 spiro atoms. The molecule has 200 valence electrons. The van der Waals surface area contributed by atoms with Crippen molar-refractivity contribution in [3.63, 3.8) is 0 Å². The van der Waals surface area contributed by atoms with Crippen molar-refractivity contribution in [2.45, 2.75) is 70.9 Å². The second-order valence-corrected chi connectivity index (χ2v) is 8.22. The molecule has 4 heterocycles. The lowest BCUT2D eigenvalue weighted by Crippen LogP contribution is -2.23. The molecule has 2 saturated heterocycles. The minimum Gasteiger partial charge on any atom is -0.476 e. The SMILES string of the molecule is CCOC(=O)c1cc(CCOC2CCCCO2)on1.O=C(O)c1cc(CCOC2CCCCO2)on1. The van der Waals surface area contributed by atoms with E-state index in [1.165, 1.54) is 6.07 Å². The van der Waals surface area contributed by atoms with E-state index in [0.29, 0.717) is 44.2 Å². The molecule has 0 amide bonds. The van der Waals surface area contributed by atoms with E-state index in [1.54, 1.807) is 13.0 Å². The van der Waals surface area contributed by atoms with Crippen LogP contribution in [0.5, 0.6) is 0 Å². The highest BCUT2D eigenvalue weighted by molar-refractivity contribution is 5.87. The van der Waals surface area contributed by atoms with E-state index >= 15 is 0 Å². The zero-order valence-corrected chi connectivity index (χ0v) is 20.5. The Balaban J connectivity index is 0.000000202. The Kier molecular flexibility index (Phi) is 11.8. The molecule has 2 aromatic heterocycles. The largest absolute Gasteiger partial charge is 0.476 e.